The van der Waals surface area contributed by atoms with Gasteiger partial charge in [0.15, 0.2) is 0 Å². The summed E-state index contributed by atoms with van der Waals surface area (Å²) >= 11 is 0. The Balaban J connectivity index is 2.75. The molecule has 0 bridgehead atoms. The maximum Gasteiger partial charge on any atom is 0.339 e. The van der Waals surface area contributed by atoms with E-state index in [4.69, 9.17) is 5.84 Å². The second-order valence-electron chi connectivity index (χ2n) is 2.88. The van der Waals surface area contributed by atoms with Crippen molar-refractivity contribution in [2.45, 2.75) is 19.9 Å². The summed E-state index contributed by atoms with van der Waals surface area (Å²) in [6, 6.07) is -0.971. The second kappa shape index (κ2) is 2.50. The van der Waals surface area contributed by atoms with E-state index in [1.54, 1.807) is 0 Å². The Morgan fingerprint density at radius 3 is 2.27 bits per heavy atom. The predicted molar refractivity (Wildman–Crippen MR) is 38.2 cm³/mol. The minimum Gasteiger partial charge on any atom is -0.324 e. The molecule has 1 aliphatic rings. The third kappa shape index (κ3) is 1.19. The molecule has 1 saturated heterocycles. The molecule has 0 aromatic heterocycles. The van der Waals surface area contributed by atoms with Crippen molar-refractivity contribution >= 4 is 11.9 Å². The van der Waals surface area contributed by atoms with Crippen molar-refractivity contribution in [3.63, 3.8) is 0 Å². The highest BCUT2D eigenvalue weighted by Crippen LogP contribution is 2.09. The monoisotopic (exact) mass is 157 g/mol. The number of nitrogens with two attached hydrogens (primary N) is 1. The normalized spacial score (nSPS) is 24.7. The van der Waals surface area contributed by atoms with Gasteiger partial charge in [0.05, 0.1) is 0 Å². The minimum absolute atomic E-state index is 0.0833. The number of urea groups is 1. The van der Waals surface area contributed by atoms with Gasteiger partial charge in [0.2, 0.25) is 0 Å². The van der Waals surface area contributed by atoms with Gasteiger partial charge >= 0.3 is 6.03 Å². The topological polar surface area (TPSA) is 75.4 Å². The fourth-order valence-electron chi connectivity index (χ4n) is 0.966. The molecule has 3 amide bonds. The molecule has 1 atom stereocenters. The third-order valence-electron chi connectivity index (χ3n) is 1.67. The van der Waals surface area contributed by atoms with Gasteiger partial charge in [-0.25, -0.2) is 10.6 Å². The number of carbonyl (C=O) groups is 2. The maximum atomic E-state index is 11.1. The first kappa shape index (κ1) is 8.00. The molecule has 1 rings (SSSR count). The van der Waals surface area contributed by atoms with E-state index in [0.717, 1.165) is 0 Å². The molecule has 62 valence electrons. The van der Waals surface area contributed by atoms with Gasteiger partial charge in [-0.1, -0.05) is 13.8 Å². The van der Waals surface area contributed by atoms with Crippen LogP contribution >= 0.6 is 0 Å². The Hall–Kier alpha value is -1.10. The predicted octanol–water partition coefficient (Wildman–Crippen LogP) is -0.564. The SMILES string of the molecule is CC(C)C1NC(=O)N(N)C1=O. The summed E-state index contributed by atoms with van der Waals surface area (Å²) in [4.78, 5) is 21.8. The highest BCUT2D eigenvalue weighted by Gasteiger charge is 2.37. The van der Waals surface area contributed by atoms with Crippen LogP contribution in [0.15, 0.2) is 0 Å². The molecular weight excluding hydrogens is 146 g/mol. The molecule has 5 heteroatoms. The van der Waals surface area contributed by atoms with Gasteiger partial charge in [0, 0.05) is 0 Å². The zero-order valence-corrected chi connectivity index (χ0v) is 6.50. The molecule has 0 aromatic rings. The molecule has 1 fully saturated rings. The summed E-state index contributed by atoms with van der Waals surface area (Å²) in [5, 5.41) is 3.08. The molecule has 0 aliphatic carbocycles. The van der Waals surface area contributed by atoms with Crippen LogP contribution in [0.3, 0.4) is 0 Å². The van der Waals surface area contributed by atoms with E-state index in [9.17, 15) is 9.59 Å². The van der Waals surface area contributed by atoms with E-state index >= 15 is 0 Å². The number of rotatable bonds is 1. The number of hydrazine groups is 1. The number of carbonyl (C=O) groups excluding carboxylic acids is 2. The lowest BCUT2D eigenvalue weighted by molar-refractivity contribution is -0.128. The van der Waals surface area contributed by atoms with E-state index in [-0.39, 0.29) is 11.8 Å². The Morgan fingerprint density at radius 1 is 1.55 bits per heavy atom. The number of hydrogen-bond acceptors (Lipinski definition) is 3. The average Bonchev–Trinajstić information content (AvgIpc) is 2.17. The van der Waals surface area contributed by atoms with Gasteiger partial charge in [-0.3, -0.25) is 4.79 Å². The van der Waals surface area contributed by atoms with Crippen molar-refractivity contribution in [2.24, 2.45) is 11.8 Å². The van der Waals surface area contributed by atoms with E-state index in [0.29, 0.717) is 5.01 Å². The summed E-state index contributed by atoms with van der Waals surface area (Å²) in [5.41, 5.74) is 0. The number of hydrogen-bond donors (Lipinski definition) is 2. The van der Waals surface area contributed by atoms with Gasteiger partial charge in [-0.05, 0) is 5.92 Å². The molecule has 0 radical (unpaired) electrons. The molecule has 1 unspecified atom stereocenters. The molecule has 5 nitrogen and oxygen atoms in total. The molecule has 1 heterocycles. The van der Waals surface area contributed by atoms with Crippen LogP contribution in [0.2, 0.25) is 0 Å². The highest BCUT2D eigenvalue weighted by molar-refractivity contribution is 6.03. The first-order valence-electron chi connectivity index (χ1n) is 3.43. The third-order valence-corrected chi connectivity index (χ3v) is 1.67. The summed E-state index contributed by atoms with van der Waals surface area (Å²) in [6.45, 7) is 3.70. The molecule has 0 saturated carbocycles. The van der Waals surface area contributed by atoms with Gasteiger partial charge in [-0.2, -0.15) is 5.01 Å². The van der Waals surface area contributed by atoms with Crippen molar-refractivity contribution in [1.82, 2.24) is 10.3 Å². The van der Waals surface area contributed by atoms with Crippen LogP contribution in [0.4, 0.5) is 4.79 Å². The van der Waals surface area contributed by atoms with Crippen LogP contribution in [-0.4, -0.2) is 23.0 Å². The van der Waals surface area contributed by atoms with Crippen LogP contribution in [-0.2, 0) is 4.79 Å². The largest absolute Gasteiger partial charge is 0.339 e. The van der Waals surface area contributed by atoms with Gasteiger partial charge in [0.25, 0.3) is 5.91 Å². The lowest BCUT2D eigenvalue weighted by Gasteiger charge is -2.10. The number of imide groups is 1. The summed E-state index contributed by atoms with van der Waals surface area (Å²) in [6.07, 6.45) is 0. The van der Waals surface area contributed by atoms with Crippen molar-refractivity contribution in [2.75, 3.05) is 0 Å². The zero-order chi connectivity index (χ0) is 8.59. The molecule has 0 spiro atoms. The summed E-state index contributed by atoms with van der Waals surface area (Å²) in [7, 11) is 0. The highest BCUT2D eigenvalue weighted by atomic mass is 16.2. The lowest BCUT2D eigenvalue weighted by atomic mass is 10.1. The molecule has 11 heavy (non-hydrogen) atoms. The summed E-state index contributed by atoms with van der Waals surface area (Å²) in [5.74, 6) is 4.85. The standard InChI is InChI=1S/C6H11N3O2/c1-3(2)4-5(10)9(7)6(11)8-4/h3-4H,7H2,1-2H3,(H,8,11). The van der Waals surface area contributed by atoms with Crippen LogP contribution in [0.5, 0.6) is 0 Å². The maximum absolute atomic E-state index is 11.1. The van der Waals surface area contributed by atoms with Gasteiger partial charge in [-0.15, -0.1) is 0 Å². The van der Waals surface area contributed by atoms with Gasteiger partial charge < -0.3 is 5.32 Å². The number of nitrogens with zero attached hydrogens (tertiary/aromatic N) is 1. The molecule has 3 N–H and O–H groups in total. The first-order chi connectivity index (χ1) is 5.04. The second-order valence-corrected chi connectivity index (χ2v) is 2.88. The Bertz CT molecular complexity index is 202. The Morgan fingerprint density at radius 2 is 2.09 bits per heavy atom. The molecule has 0 aromatic carbocycles. The molecule has 1 aliphatic heterocycles. The van der Waals surface area contributed by atoms with Crippen LogP contribution in [0.1, 0.15) is 13.8 Å². The first-order valence-corrected chi connectivity index (χ1v) is 3.43. The fourth-order valence-corrected chi connectivity index (χ4v) is 0.966. The zero-order valence-electron chi connectivity index (χ0n) is 6.50. The van der Waals surface area contributed by atoms with Crippen LogP contribution in [0, 0.1) is 5.92 Å². The van der Waals surface area contributed by atoms with Crippen molar-refractivity contribution in [3.05, 3.63) is 0 Å². The average molecular weight is 157 g/mol. The van der Waals surface area contributed by atoms with E-state index in [1.807, 2.05) is 13.8 Å². The number of amides is 3. The fraction of sp³-hybridized carbons (Fsp3) is 0.667. The van der Waals surface area contributed by atoms with E-state index in [2.05, 4.69) is 5.32 Å². The van der Waals surface area contributed by atoms with Crippen molar-refractivity contribution in [3.8, 4) is 0 Å². The van der Waals surface area contributed by atoms with Crippen LogP contribution < -0.4 is 11.2 Å². The van der Waals surface area contributed by atoms with E-state index in [1.165, 1.54) is 0 Å². The Labute approximate surface area is 64.5 Å². The van der Waals surface area contributed by atoms with E-state index < -0.39 is 12.1 Å². The van der Waals surface area contributed by atoms with Crippen molar-refractivity contribution in [1.29, 1.82) is 0 Å². The van der Waals surface area contributed by atoms with Gasteiger partial charge in [0.1, 0.15) is 6.04 Å². The minimum atomic E-state index is -0.520. The molecular formula is C6H11N3O2. The smallest absolute Gasteiger partial charge is 0.324 e. The van der Waals surface area contributed by atoms with Crippen molar-refractivity contribution < 1.29 is 9.59 Å². The summed E-state index contributed by atoms with van der Waals surface area (Å²) < 4.78 is 0. The quantitative estimate of drug-likeness (QED) is 0.304. The Kier molecular flexibility index (Phi) is 1.82. The lowest BCUT2D eigenvalue weighted by Crippen LogP contribution is -2.38. The number of nitrogens with one attached hydrogen (secondary N) is 1. The van der Waals surface area contributed by atoms with Crippen LogP contribution in [0.25, 0.3) is 0 Å².